The molecule has 0 aliphatic carbocycles. The first-order valence-corrected chi connectivity index (χ1v) is 7.14. The largest absolute Gasteiger partial charge is 0.395 e. The molecule has 0 aromatic heterocycles. The molecule has 1 saturated heterocycles. The Kier molecular flexibility index (Phi) is 4.97. The van der Waals surface area contributed by atoms with Gasteiger partial charge in [-0.15, -0.1) is 0 Å². The molecule has 0 bridgehead atoms. The van der Waals surface area contributed by atoms with Crippen molar-refractivity contribution < 1.29 is 9.84 Å². The molecular weight excluding hydrogens is 238 g/mol. The van der Waals surface area contributed by atoms with Crippen LogP contribution in [0.25, 0.3) is 0 Å². The van der Waals surface area contributed by atoms with Gasteiger partial charge in [-0.25, -0.2) is 0 Å². The van der Waals surface area contributed by atoms with E-state index < -0.39 is 0 Å². The van der Waals surface area contributed by atoms with Crippen molar-refractivity contribution in [3.8, 4) is 0 Å². The van der Waals surface area contributed by atoms with Crippen molar-refractivity contribution in [2.45, 2.75) is 50.8 Å². The van der Waals surface area contributed by atoms with E-state index in [0.717, 1.165) is 25.9 Å². The van der Waals surface area contributed by atoms with Crippen molar-refractivity contribution in [1.29, 1.82) is 0 Å². The molecule has 106 valence electrons. The van der Waals surface area contributed by atoms with Crippen LogP contribution in [-0.2, 0) is 11.2 Å². The number of rotatable bonds is 5. The van der Waals surface area contributed by atoms with Crippen LogP contribution in [0.2, 0.25) is 0 Å². The van der Waals surface area contributed by atoms with E-state index in [9.17, 15) is 5.11 Å². The second kappa shape index (κ2) is 6.51. The average Bonchev–Trinajstić information content (AvgIpc) is 2.38. The fourth-order valence-corrected chi connectivity index (χ4v) is 2.78. The maximum atomic E-state index is 9.55. The number of aliphatic hydroxyl groups is 1. The molecule has 2 atom stereocenters. The van der Waals surface area contributed by atoms with Gasteiger partial charge in [0.05, 0.1) is 12.2 Å². The zero-order valence-electron chi connectivity index (χ0n) is 11.9. The molecule has 1 aliphatic heterocycles. The molecule has 0 saturated carbocycles. The van der Waals surface area contributed by atoms with Crippen LogP contribution in [0.15, 0.2) is 30.3 Å². The van der Waals surface area contributed by atoms with E-state index in [1.54, 1.807) is 0 Å². The Balaban J connectivity index is 1.88. The first kappa shape index (κ1) is 14.5. The summed E-state index contributed by atoms with van der Waals surface area (Å²) in [5.74, 6) is 0. The Labute approximate surface area is 116 Å². The summed E-state index contributed by atoms with van der Waals surface area (Å²) in [6, 6.07) is 10.9. The van der Waals surface area contributed by atoms with E-state index in [1.807, 2.05) is 18.2 Å². The summed E-state index contributed by atoms with van der Waals surface area (Å²) in [5.41, 5.74) is 1.21. The summed E-state index contributed by atoms with van der Waals surface area (Å²) >= 11 is 0. The minimum absolute atomic E-state index is 0.0529. The van der Waals surface area contributed by atoms with Gasteiger partial charge in [-0.3, -0.25) is 0 Å². The van der Waals surface area contributed by atoms with Crippen molar-refractivity contribution in [2.75, 3.05) is 13.2 Å². The molecule has 2 N–H and O–H groups in total. The van der Waals surface area contributed by atoms with Gasteiger partial charge in [-0.05, 0) is 38.7 Å². The van der Waals surface area contributed by atoms with E-state index in [-0.39, 0.29) is 18.2 Å². The molecule has 0 amide bonds. The van der Waals surface area contributed by atoms with Gasteiger partial charge in [0, 0.05) is 18.7 Å². The fraction of sp³-hybridized carbons (Fsp3) is 0.625. The molecule has 19 heavy (non-hydrogen) atoms. The Hall–Kier alpha value is -0.900. The van der Waals surface area contributed by atoms with Gasteiger partial charge in [0.15, 0.2) is 0 Å². The van der Waals surface area contributed by atoms with Crippen LogP contribution in [0, 0.1) is 0 Å². The highest BCUT2D eigenvalue weighted by Crippen LogP contribution is 2.24. The topological polar surface area (TPSA) is 41.5 Å². The van der Waals surface area contributed by atoms with E-state index in [0.29, 0.717) is 6.04 Å². The first-order chi connectivity index (χ1) is 9.09. The highest BCUT2D eigenvalue weighted by molar-refractivity contribution is 5.16. The lowest BCUT2D eigenvalue weighted by Crippen LogP contribution is -2.49. The number of aliphatic hydroxyl groups excluding tert-OH is 1. The molecule has 1 aromatic rings. The van der Waals surface area contributed by atoms with E-state index >= 15 is 0 Å². The van der Waals surface area contributed by atoms with Gasteiger partial charge in [-0.1, -0.05) is 30.3 Å². The molecule has 3 heteroatoms. The van der Waals surface area contributed by atoms with Gasteiger partial charge >= 0.3 is 0 Å². The molecule has 0 spiro atoms. The highest BCUT2D eigenvalue weighted by atomic mass is 16.5. The number of ether oxygens (including phenoxy) is 1. The zero-order chi connectivity index (χ0) is 13.7. The third-order valence-corrected chi connectivity index (χ3v) is 3.71. The Morgan fingerprint density at radius 3 is 2.74 bits per heavy atom. The van der Waals surface area contributed by atoms with Gasteiger partial charge < -0.3 is 15.2 Å². The lowest BCUT2D eigenvalue weighted by molar-refractivity contribution is -0.0648. The standard InChI is InChI=1S/C16H25NO2/c1-16(2)11-14(8-9-19-16)17-15(12-18)10-13-6-4-3-5-7-13/h3-7,14-15,17-18H,8-12H2,1-2H3/t14?,15-/m0/s1. The minimum atomic E-state index is -0.0529. The molecule has 3 nitrogen and oxygen atoms in total. The maximum Gasteiger partial charge on any atom is 0.0641 e. The van der Waals surface area contributed by atoms with E-state index in [2.05, 4.69) is 31.3 Å². The zero-order valence-corrected chi connectivity index (χ0v) is 11.9. The summed E-state index contributed by atoms with van der Waals surface area (Å²) in [4.78, 5) is 0. The predicted molar refractivity (Wildman–Crippen MR) is 77.2 cm³/mol. The molecule has 1 heterocycles. The van der Waals surface area contributed by atoms with Crippen molar-refractivity contribution in [2.24, 2.45) is 0 Å². The normalized spacial score (nSPS) is 24.1. The number of hydrogen-bond donors (Lipinski definition) is 2. The van der Waals surface area contributed by atoms with Crippen LogP contribution in [0.3, 0.4) is 0 Å². The Bertz CT molecular complexity index is 378. The molecule has 0 radical (unpaired) electrons. The van der Waals surface area contributed by atoms with Crippen LogP contribution in [0.5, 0.6) is 0 Å². The summed E-state index contributed by atoms with van der Waals surface area (Å²) in [6.07, 6.45) is 2.89. The monoisotopic (exact) mass is 263 g/mol. The third-order valence-electron chi connectivity index (χ3n) is 3.71. The van der Waals surface area contributed by atoms with Crippen molar-refractivity contribution >= 4 is 0 Å². The van der Waals surface area contributed by atoms with Crippen LogP contribution in [0.4, 0.5) is 0 Å². The van der Waals surface area contributed by atoms with Crippen molar-refractivity contribution in [3.63, 3.8) is 0 Å². The second-order valence-electron chi connectivity index (χ2n) is 6.03. The summed E-state index contributed by atoms with van der Waals surface area (Å²) in [6.45, 7) is 5.23. The van der Waals surface area contributed by atoms with E-state index in [4.69, 9.17) is 4.74 Å². The molecule has 2 rings (SSSR count). The average molecular weight is 263 g/mol. The van der Waals surface area contributed by atoms with E-state index in [1.165, 1.54) is 5.56 Å². The van der Waals surface area contributed by atoms with Crippen molar-refractivity contribution in [3.05, 3.63) is 35.9 Å². The predicted octanol–water partition coefficient (Wildman–Crippen LogP) is 2.14. The first-order valence-electron chi connectivity index (χ1n) is 7.14. The Morgan fingerprint density at radius 2 is 2.11 bits per heavy atom. The van der Waals surface area contributed by atoms with Crippen LogP contribution in [-0.4, -0.2) is 36.0 Å². The maximum absolute atomic E-state index is 9.55. The van der Waals surface area contributed by atoms with Crippen LogP contribution < -0.4 is 5.32 Å². The molecule has 1 aliphatic rings. The lowest BCUT2D eigenvalue weighted by atomic mass is 9.93. The molecule has 1 fully saturated rings. The van der Waals surface area contributed by atoms with Crippen molar-refractivity contribution in [1.82, 2.24) is 5.32 Å². The quantitative estimate of drug-likeness (QED) is 0.855. The molecular formula is C16H25NO2. The van der Waals surface area contributed by atoms with Gasteiger partial charge in [0.25, 0.3) is 0 Å². The number of benzene rings is 1. The molecule has 1 unspecified atom stereocenters. The molecule has 1 aromatic carbocycles. The van der Waals surface area contributed by atoms with Gasteiger partial charge in [0.1, 0.15) is 0 Å². The lowest BCUT2D eigenvalue weighted by Gasteiger charge is -2.37. The van der Waals surface area contributed by atoms with Crippen LogP contribution in [0.1, 0.15) is 32.3 Å². The number of hydrogen-bond acceptors (Lipinski definition) is 3. The Morgan fingerprint density at radius 1 is 1.37 bits per heavy atom. The smallest absolute Gasteiger partial charge is 0.0641 e. The van der Waals surface area contributed by atoms with Gasteiger partial charge in [-0.2, -0.15) is 0 Å². The SMILES string of the molecule is CC1(C)CC(N[C@H](CO)Cc2ccccc2)CCO1. The summed E-state index contributed by atoms with van der Waals surface area (Å²) in [5, 5.41) is 13.1. The minimum Gasteiger partial charge on any atom is -0.395 e. The number of nitrogens with one attached hydrogen (secondary N) is 1. The fourth-order valence-electron chi connectivity index (χ4n) is 2.78. The van der Waals surface area contributed by atoms with Crippen LogP contribution >= 0.6 is 0 Å². The second-order valence-corrected chi connectivity index (χ2v) is 6.03. The summed E-state index contributed by atoms with van der Waals surface area (Å²) < 4.78 is 5.73. The van der Waals surface area contributed by atoms with Gasteiger partial charge in [0.2, 0.25) is 0 Å². The summed E-state index contributed by atoms with van der Waals surface area (Å²) in [7, 11) is 0. The highest BCUT2D eigenvalue weighted by Gasteiger charge is 2.29. The third kappa shape index (κ3) is 4.60.